The lowest BCUT2D eigenvalue weighted by atomic mass is 9.84. The molecule has 0 radical (unpaired) electrons. The molecule has 2 rings (SSSR count). The summed E-state index contributed by atoms with van der Waals surface area (Å²) in [4.78, 5) is 0. The first kappa shape index (κ1) is 12.4. The summed E-state index contributed by atoms with van der Waals surface area (Å²) < 4.78 is 14.6. The summed E-state index contributed by atoms with van der Waals surface area (Å²) in [5.74, 6) is 0.522. The SMILES string of the molecule is CC(F)(CC1CCCNC1)c1cccc(O)c1. The molecule has 0 saturated carbocycles. The molecule has 1 heterocycles. The highest BCUT2D eigenvalue weighted by molar-refractivity contribution is 5.31. The van der Waals surface area contributed by atoms with E-state index >= 15 is 0 Å². The van der Waals surface area contributed by atoms with Gasteiger partial charge in [0.1, 0.15) is 11.4 Å². The van der Waals surface area contributed by atoms with E-state index < -0.39 is 5.67 Å². The Kier molecular flexibility index (Phi) is 3.67. The number of benzene rings is 1. The van der Waals surface area contributed by atoms with E-state index in [0.29, 0.717) is 17.9 Å². The summed E-state index contributed by atoms with van der Waals surface area (Å²) >= 11 is 0. The molecule has 0 amide bonds. The molecule has 1 aromatic rings. The molecule has 1 aliphatic heterocycles. The first-order chi connectivity index (χ1) is 8.08. The van der Waals surface area contributed by atoms with Crippen LogP contribution in [0, 0.1) is 5.92 Å². The van der Waals surface area contributed by atoms with Crippen LogP contribution in [0.5, 0.6) is 5.75 Å². The van der Waals surface area contributed by atoms with Crippen molar-refractivity contribution in [3.8, 4) is 5.75 Å². The molecule has 0 spiro atoms. The normalized spacial score (nSPS) is 24.2. The molecule has 3 heteroatoms. The number of hydrogen-bond donors (Lipinski definition) is 2. The van der Waals surface area contributed by atoms with Gasteiger partial charge in [-0.15, -0.1) is 0 Å². The van der Waals surface area contributed by atoms with Crippen molar-refractivity contribution >= 4 is 0 Å². The highest BCUT2D eigenvalue weighted by Gasteiger charge is 2.30. The third-order valence-electron chi connectivity index (χ3n) is 3.52. The number of phenolic OH excluding ortho intramolecular Hbond substituents is 1. The lowest BCUT2D eigenvalue weighted by molar-refractivity contribution is 0.134. The van der Waals surface area contributed by atoms with Crippen LogP contribution in [0.3, 0.4) is 0 Å². The van der Waals surface area contributed by atoms with Gasteiger partial charge in [-0.05, 0) is 62.9 Å². The quantitative estimate of drug-likeness (QED) is 0.847. The second-order valence-electron chi connectivity index (χ2n) is 5.16. The van der Waals surface area contributed by atoms with Crippen LogP contribution in [0.4, 0.5) is 4.39 Å². The van der Waals surface area contributed by atoms with Gasteiger partial charge < -0.3 is 10.4 Å². The molecule has 1 aliphatic rings. The van der Waals surface area contributed by atoms with E-state index in [-0.39, 0.29) is 5.75 Å². The highest BCUT2D eigenvalue weighted by Crippen LogP contribution is 2.35. The van der Waals surface area contributed by atoms with Crippen LogP contribution < -0.4 is 5.32 Å². The van der Waals surface area contributed by atoms with Gasteiger partial charge in [-0.1, -0.05) is 12.1 Å². The zero-order valence-corrected chi connectivity index (χ0v) is 10.2. The van der Waals surface area contributed by atoms with Crippen LogP contribution in [0.1, 0.15) is 31.7 Å². The minimum Gasteiger partial charge on any atom is -0.508 e. The van der Waals surface area contributed by atoms with E-state index in [9.17, 15) is 9.50 Å². The third-order valence-corrected chi connectivity index (χ3v) is 3.52. The number of piperidine rings is 1. The molecule has 17 heavy (non-hydrogen) atoms. The molecule has 1 aromatic carbocycles. The molecular weight excluding hydrogens is 217 g/mol. The Morgan fingerprint density at radius 3 is 3.00 bits per heavy atom. The Hall–Kier alpha value is -1.09. The predicted molar refractivity (Wildman–Crippen MR) is 66.8 cm³/mol. The molecule has 2 nitrogen and oxygen atoms in total. The molecule has 2 N–H and O–H groups in total. The van der Waals surface area contributed by atoms with Crippen molar-refractivity contribution in [2.75, 3.05) is 13.1 Å². The minimum atomic E-state index is -1.36. The van der Waals surface area contributed by atoms with Gasteiger partial charge in [0.2, 0.25) is 0 Å². The predicted octanol–water partition coefficient (Wildman–Crippen LogP) is 2.97. The fraction of sp³-hybridized carbons (Fsp3) is 0.571. The van der Waals surface area contributed by atoms with Gasteiger partial charge in [0.25, 0.3) is 0 Å². The molecule has 2 atom stereocenters. The number of alkyl halides is 1. The second kappa shape index (κ2) is 5.05. The first-order valence-corrected chi connectivity index (χ1v) is 6.27. The second-order valence-corrected chi connectivity index (χ2v) is 5.16. The fourth-order valence-corrected chi connectivity index (χ4v) is 2.59. The lowest BCUT2D eigenvalue weighted by Gasteiger charge is -2.29. The van der Waals surface area contributed by atoms with Crippen LogP contribution >= 0.6 is 0 Å². The zero-order valence-electron chi connectivity index (χ0n) is 10.2. The van der Waals surface area contributed by atoms with Crippen LogP contribution in [-0.2, 0) is 5.67 Å². The summed E-state index contributed by atoms with van der Waals surface area (Å²) in [5, 5.41) is 12.7. The van der Waals surface area contributed by atoms with Gasteiger partial charge in [0, 0.05) is 0 Å². The maximum atomic E-state index is 14.6. The number of hydrogen-bond acceptors (Lipinski definition) is 2. The largest absolute Gasteiger partial charge is 0.508 e. The summed E-state index contributed by atoms with van der Waals surface area (Å²) in [7, 11) is 0. The molecule has 94 valence electrons. The molecular formula is C14H20FNO. The Labute approximate surface area is 102 Å². The van der Waals surface area contributed by atoms with Gasteiger partial charge >= 0.3 is 0 Å². The van der Waals surface area contributed by atoms with Crippen molar-refractivity contribution in [3.05, 3.63) is 29.8 Å². The van der Waals surface area contributed by atoms with E-state index in [1.54, 1.807) is 25.1 Å². The van der Waals surface area contributed by atoms with Crippen LogP contribution in [0.15, 0.2) is 24.3 Å². The maximum Gasteiger partial charge on any atom is 0.133 e. The molecule has 1 fully saturated rings. The van der Waals surface area contributed by atoms with Crippen molar-refractivity contribution in [1.82, 2.24) is 5.32 Å². The number of phenols is 1. The van der Waals surface area contributed by atoms with Crippen molar-refractivity contribution in [2.45, 2.75) is 31.9 Å². The average Bonchev–Trinajstić information content (AvgIpc) is 2.30. The molecule has 2 unspecified atom stereocenters. The van der Waals surface area contributed by atoms with E-state index in [2.05, 4.69) is 5.32 Å². The molecule has 0 bridgehead atoms. The summed E-state index contributed by atoms with van der Waals surface area (Å²) in [6, 6.07) is 6.54. The number of aromatic hydroxyl groups is 1. The van der Waals surface area contributed by atoms with Gasteiger partial charge in [0.05, 0.1) is 0 Å². The van der Waals surface area contributed by atoms with Crippen molar-refractivity contribution in [3.63, 3.8) is 0 Å². The molecule has 1 saturated heterocycles. The van der Waals surface area contributed by atoms with E-state index in [0.717, 1.165) is 25.9 Å². The van der Waals surface area contributed by atoms with E-state index in [4.69, 9.17) is 0 Å². The smallest absolute Gasteiger partial charge is 0.133 e. The van der Waals surface area contributed by atoms with Gasteiger partial charge in [-0.25, -0.2) is 4.39 Å². The standard InChI is InChI=1S/C14H20FNO/c1-14(15,9-11-4-3-7-16-10-11)12-5-2-6-13(17)8-12/h2,5-6,8,11,16-17H,3-4,7,9-10H2,1H3. The summed E-state index contributed by atoms with van der Waals surface area (Å²) in [6.45, 7) is 3.56. The van der Waals surface area contributed by atoms with E-state index in [1.807, 2.05) is 0 Å². The van der Waals surface area contributed by atoms with Crippen LogP contribution in [-0.4, -0.2) is 18.2 Å². The Balaban J connectivity index is 2.06. The third kappa shape index (κ3) is 3.19. The topological polar surface area (TPSA) is 32.3 Å². The first-order valence-electron chi connectivity index (χ1n) is 6.27. The highest BCUT2D eigenvalue weighted by atomic mass is 19.1. The zero-order chi connectivity index (χ0) is 12.3. The molecule has 0 aliphatic carbocycles. The minimum absolute atomic E-state index is 0.133. The van der Waals surface area contributed by atoms with Crippen molar-refractivity contribution in [1.29, 1.82) is 0 Å². The molecule has 0 aromatic heterocycles. The summed E-state index contributed by atoms with van der Waals surface area (Å²) in [6.07, 6.45) is 2.73. The van der Waals surface area contributed by atoms with E-state index in [1.165, 1.54) is 6.07 Å². The number of nitrogens with one attached hydrogen (secondary N) is 1. The Morgan fingerprint density at radius 1 is 1.53 bits per heavy atom. The van der Waals surface area contributed by atoms with Crippen molar-refractivity contribution < 1.29 is 9.50 Å². The van der Waals surface area contributed by atoms with Gasteiger partial charge in [0.15, 0.2) is 0 Å². The maximum absolute atomic E-state index is 14.6. The monoisotopic (exact) mass is 237 g/mol. The van der Waals surface area contributed by atoms with Crippen LogP contribution in [0.2, 0.25) is 0 Å². The average molecular weight is 237 g/mol. The Morgan fingerprint density at radius 2 is 2.35 bits per heavy atom. The number of rotatable bonds is 3. The fourth-order valence-electron chi connectivity index (χ4n) is 2.59. The van der Waals surface area contributed by atoms with Crippen molar-refractivity contribution in [2.24, 2.45) is 5.92 Å². The lowest BCUT2D eigenvalue weighted by Crippen LogP contribution is -2.33. The summed E-state index contributed by atoms with van der Waals surface area (Å²) in [5.41, 5.74) is -0.786. The van der Waals surface area contributed by atoms with Gasteiger partial charge in [-0.2, -0.15) is 0 Å². The number of halogens is 1. The van der Waals surface area contributed by atoms with Gasteiger partial charge in [-0.3, -0.25) is 0 Å². The van der Waals surface area contributed by atoms with Crippen LogP contribution in [0.25, 0.3) is 0 Å². The Bertz CT molecular complexity index is 372.